The van der Waals surface area contributed by atoms with Gasteiger partial charge in [-0.05, 0) is 106 Å². The summed E-state index contributed by atoms with van der Waals surface area (Å²) in [6, 6.07) is 35.4. The maximum atomic E-state index is 9.58. The van der Waals surface area contributed by atoms with Crippen LogP contribution < -0.4 is 26.3 Å². The highest BCUT2D eigenvalue weighted by Gasteiger charge is 2.33. The number of aliphatic imine (C=N–C) groups is 1. The van der Waals surface area contributed by atoms with Gasteiger partial charge >= 0.3 is 0 Å². The predicted octanol–water partition coefficient (Wildman–Crippen LogP) is 7.47. The largest absolute Gasteiger partial charge is 0.304 e. The van der Waals surface area contributed by atoms with Crippen LogP contribution in [0.25, 0.3) is 27.5 Å². The van der Waals surface area contributed by atoms with E-state index in [2.05, 4.69) is 71.6 Å². The molecule has 0 bridgehead atoms. The molecule has 50 heavy (non-hydrogen) atoms. The molecule has 1 N–H and O–H groups in total. The summed E-state index contributed by atoms with van der Waals surface area (Å²) in [7, 11) is 0. The zero-order valence-electron chi connectivity index (χ0n) is 29.2. The molecular weight excluding hydrogens is 615 g/mol. The third kappa shape index (κ3) is 5.49. The first-order valence-corrected chi connectivity index (χ1v) is 17.1. The van der Waals surface area contributed by atoms with Crippen molar-refractivity contribution in [1.82, 2.24) is 0 Å². The van der Waals surface area contributed by atoms with E-state index in [1.54, 1.807) is 0 Å². The van der Waals surface area contributed by atoms with Gasteiger partial charge in [-0.15, -0.1) is 0 Å². The Hall–Kier alpha value is -5.82. The molecule has 8 rings (SSSR count). The van der Waals surface area contributed by atoms with Crippen LogP contribution in [0.2, 0.25) is 0 Å². The lowest BCUT2D eigenvalue weighted by atomic mass is 9.91. The molecule has 0 radical (unpaired) electrons. The second kappa shape index (κ2) is 11.7. The second-order valence-electron chi connectivity index (χ2n) is 14.3. The van der Waals surface area contributed by atoms with Crippen molar-refractivity contribution in [2.45, 2.75) is 58.9 Å². The molecule has 5 aromatic carbocycles. The van der Waals surface area contributed by atoms with E-state index in [0.29, 0.717) is 11.4 Å². The van der Waals surface area contributed by atoms with Gasteiger partial charge in [0.1, 0.15) is 27.8 Å². The number of para-hydroxylation sites is 1. The molecule has 2 heterocycles. The van der Waals surface area contributed by atoms with E-state index < -0.39 is 11.3 Å². The number of anilines is 2. The molecule has 0 amide bonds. The molecule has 7 heteroatoms. The predicted molar refractivity (Wildman–Crippen MR) is 204 cm³/mol. The third-order valence-corrected chi connectivity index (χ3v) is 9.09. The lowest BCUT2D eigenvalue weighted by Crippen LogP contribution is -2.40. The van der Waals surface area contributed by atoms with Gasteiger partial charge in [0.15, 0.2) is 0 Å². The summed E-state index contributed by atoms with van der Waals surface area (Å²) in [5, 5.41) is 15.2. The standard InChI is InChI=1S/C43H39N7/c1-26(2)45-40-35(23-21-31(37(40)44)28-14-8-7-9-15-28)50(34-18-12-17-33-39(34)48-42(3,4)46-33)36-24-22-32(38-41(36)49-43(5,6)47-38)30-20-19-27-13-10-11-16-29(27)25-30/h7-26,44H,1-6H3. The van der Waals surface area contributed by atoms with E-state index in [1.807, 2.05) is 90.1 Å². The minimum Gasteiger partial charge on any atom is -0.304 e. The molecule has 1 aliphatic carbocycles. The SMILES string of the molecule is CC(C)N=C1C(=N)C(c2ccccc2)=CC=C1N(c1cccc2c1=NC(C)(C)N=2)c1ccc(-c2ccc3ccccc3c2)c2c1=NC(C)(C)N=2. The Morgan fingerprint density at radius 1 is 0.620 bits per heavy atom. The Balaban J connectivity index is 1.43. The zero-order chi connectivity index (χ0) is 34.8. The molecule has 0 unspecified atom stereocenters. The van der Waals surface area contributed by atoms with Gasteiger partial charge in [0.2, 0.25) is 0 Å². The molecule has 0 spiro atoms. The number of nitrogens with one attached hydrogen (secondary N) is 1. The van der Waals surface area contributed by atoms with Crippen LogP contribution in [0.1, 0.15) is 47.1 Å². The van der Waals surface area contributed by atoms with E-state index in [-0.39, 0.29) is 6.04 Å². The maximum Gasteiger partial charge on any atom is 0.146 e. The summed E-state index contributed by atoms with van der Waals surface area (Å²) >= 11 is 0. The third-order valence-electron chi connectivity index (χ3n) is 9.09. The second-order valence-corrected chi connectivity index (χ2v) is 14.3. The molecule has 0 saturated carbocycles. The van der Waals surface area contributed by atoms with E-state index >= 15 is 0 Å². The summed E-state index contributed by atoms with van der Waals surface area (Å²) in [6.45, 7) is 12.2. The number of nitrogens with zero attached hydrogens (tertiary/aromatic N) is 6. The van der Waals surface area contributed by atoms with Crippen molar-refractivity contribution >= 4 is 39.1 Å². The highest BCUT2D eigenvalue weighted by atomic mass is 15.2. The fraction of sp³-hybridized carbons (Fsp3) is 0.209. The van der Waals surface area contributed by atoms with Crippen molar-refractivity contribution in [2.24, 2.45) is 25.0 Å². The van der Waals surface area contributed by atoms with Crippen LogP contribution >= 0.6 is 0 Å². The van der Waals surface area contributed by atoms with E-state index in [9.17, 15) is 5.41 Å². The molecule has 0 atom stereocenters. The number of benzene rings is 5. The number of hydrogen-bond acceptors (Lipinski definition) is 7. The molecule has 2 aliphatic heterocycles. The maximum absolute atomic E-state index is 9.58. The summed E-state index contributed by atoms with van der Waals surface area (Å²) in [6.07, 6.45) is 4.11. The van der Waals surface area contributed by atoms with Gasteiger partial charge in [-0.1, -0.05) is 72.8 Å². The van der Waals surface area contributed by atoms with Gasteiger partial charge < -0.3 is 4.90 Å². The fourth-order valence-corrected chi connectivity index (χ4v) is 7.03. The molecular formula is C43H39N7. The van der Waals surface area contributed by atoms with Crippen LogP contribution in [0.3, 0.4) is 0 Å². The number of hydrogen-bond donors (Lipinski definition) is 1. The summed E-state index contributed by atoms with van der Waals surface area (Å²) in [4.78, 5) is 27.8. The Labute approximate surface area is 291 Å². The normalized spacial score (nSPS) is 17.7. The Kier molecular flexibility index (Phi) is 7.33. The molecule has 3 aliphatic rings. The molecule has 5 aromatic rings. The Bertz CT molecular complexity index is 2590. The first-order chi connectivity index (χ1) is 24.0. The van der Waals surface area contributed by atoms with Crippen LogP contribution in [0.5, 0.6) is 0 Å². The highest BCUT2D eigenvalue weighted by Crippen LogP contribution is 2.34. The first-order valence-electron chi connectivity index (χ1n) is 17.1. The summed E-state index contributed by atoms with van der Waals surface area (Å²) < 4.78 is 0. The minimum atomic E-state index is -0.668. The van der Waals surface area contributed by atoms with Crippen molar-refractivity contribution in [3.05, 3.63) is 148 Å². The molecule has 246 valence electrons. The molecule has 7 nitrogen and oxygen atoms in total. The summed E-state index contributed by atoms with van der Waals surface area (Å²) in [5.74, 6) is 0. The van der Waals surface area contributed by atoms with Crippen LogP contribution in [0.4, 0.5) is 11.4 Å². The monoisotopic (exact) mass is 653 g/mol. The van der Waals surface area contributed by atoms with Gasteiger partial charge in [0, 0.05) is 17.2 Å². The van der Waals surface area contributed by atoms with Gasteiger partial charge in [-0.3, -0.25) is 30.4 Å². The van der Waals surface area contributed by atoms with Crippen LogP contribution in [-0.2, 0) is 0 Å². The van der Waals surface area contributed by atoms with E-state index in [4.69, 9.17) is 25.0 Å². The number of fused-ring (bicyclic) bond motifs is 3. The summed E-state index contributed by atoms with van der Waals surface area (Å²) in [5.41, 5.74) is 6.09. The van der Waals surface area contributed by atoms with Crippen LogP contribution in [0, 0.1) is 5.41 Å². The van der Waals surface area contributed by atoms with Crippen LogP contribution in [-0.4, -0.2) is 28.8 Å². The van der Waals surface area contributed by atoms with Crippen molar-refractivity contribution in [2.75, 3.05) is 4.90 Å². The van der Waals surface area contributed by atoms with Crippen molar-refractivity contribution in [1.29, 1.82) is 5.41 Å². The van der Waals surface area contributed by atoms with Crippen molar-refractivity contribution in [3.8, 4) is 11.1 Å². The average Bonchev–Trinajstić information content (AvgIpc) is 3.60. The highest BCUT2D eigenvalue weighted by molar-refractivity contribution is 6.62. The van der Waals surface area contributed by atoms with Crippen LogP contribution in [0.15, 0.2) is 146 Å². The number of rotatable bonds is 6. The van der Waals surface area contributed by atoms with Gasteiger partial charge in [-0.2, -0.15) is 0 Å². The van der Waals surface area contributed by atoms with Gasteiger partial charge in [0.05, 0.1) is 33.5 Å². The first kappa shape index (κ1) is 31.4. The lowest BCUT2D eigenvalue weighted by Gasteiger charge is -2.31. The molecule has 0 fully saturated rings. The minimum absolute atomic E-state index is 0.0505. The Morgan fingerprint density at radius 2 is 1.30 bits per heavy atom. The topological polar surface area (TPSA) is 88.9 Å². The lowest BCUT2D eigenvalue weighted by molar-refractivity contribution is 0.549. The van der Waals surface area contributed by atoms with Gasteiger partial charge in [-0.25, -0.2) is 0 Å². The molecule has 0 aromatic heterocycles. The quantitative estimate of drug-likeness (QED) is 0.189. The van der Waals surface area contributed by atoms with Crippen molar-refractivity contribution < 1.29 is 0 Å². The zero-order valence-corrected chi connectivity index (χ0v) is 29.2. The Morgan fingerprint density at radius 3 is 2.08 bits per heavy atom. The smallest absolute Gasteiger partial charge is 0.146 e. The van der Waals surface area contributed by atoms with E-state index in [0.717, 1.165) is 60.8 Å². The average molecular weight is 654 g/mol. The molecule has 0 saturated heterocycles. The van der Waals surface area contributed by atoms with Crippen molar-refractivity contribution in [3.63, 3.8) is 0 Å². The fourth-order valence-electron chi connectivity index (χ4n) is 7.03. The van der Waals surface area contributed by atoms with Gasteiger partial charge in [0.25, 0.3) is 0 Å². The number of allylic oxidation sites excluding steroid dienone is 4. The van der Waals surface area contributed by atoms with E-state index in [1.165, 1.54) is 10.8 Å².